The molecular formula is C18H23BrN4O3S. The summed E-state index contributed by atoms with van der Waals surface area (Å²) in [5.74, 6) is 1.76. The number of anilines is 1. The molecule has 1 aliphatic heterocycles. The van der Waals surface area contributed by atoms with E-state index in [4.69, 9.17) is 9.15 Å². The normalized spacial score (nSPS) is 16.2. The average molecular weight is 455 g/mol. The highest BCUT2D eigenvalue weighted by molar-refractivity contribution is 9.10. The van der Waals surface area contributed by atoms with E-state index in [1.54, 1.807) is 22.5 Å². The highest BCUT2D eigenvalue weighted by Crippen LogP contribution is 2.38. The van der Waals surface area contributed by atoms with Crippen molar-refractivity contribution in [1.29, 1.82) is 0 Å². The van der Waals surface area contributed by atoms with E-state index in [1.165, 1.54) is 0 Å². The van der Waals surface area contributed by atoms with Crippen LogP contribution in [-0.2, 0) is 9.53 Å². The van der Waals surface area contributed by atoms with Crippen molar-refractivity contribution in [2.75, 3.05) is 17.7 Å². The molecular weight excluding hydrogens is 432 g/mol. The van der Waals surface area contributed by atoms with Crippen molar-refractivity contribution in [1.82, 2.24) is 14.8 Å². The van der Waals surface area contributed by atoms with Gasteiger partial charge in [0.1, 0.15) is 11.8 Å². The molecule has 0 amide bonds. The number of fused-ring (bicyclic) bond motifs is 1. The molecule has 0 aromatic carbocycles. The van der Waals surface area contributed by atoms with Gasteiger partial charge in [0.05, 0.1) is 12.2 Å². The van der Waals surface area contributed by atoms with Crippen LogP contribution in [0.25, 0.3) is 0 Å². The molecule has 1 atom stereocenters. The maximum atomic E-state index is 12.8. The van der Waals surface area contributed by atoms with E-state index >= 15 is 0 Å². The van der Waals surface area contributed by atoms with Gasteiger partial charge in [0, 0.05) is 11.4 Å². The third-order valence-corrected chi connectivity index (χ3v) is 5.55. The summed E-state index contributed by atoms with van der Waals surface area (Å²) in [7, 11) is 0. The standard InChI is InChI=1S/C18H23BrN4O3S/c1-4-6-9-25-16(24)14-11(3)20-17-21-18(27-10-5-2)22-23(17)15(14)12-7-8-13(19)26-12/h7-8,15H,4-6,9-10H2,1-3H3,(H,20,21,22). The van der Waals surface area contributed by atoms with Gasteiger partial charge in [-0.2, -0.15) is 4.98 Å². The summed E-state index contributed by atoms with van der Waals surface area (Å²) in [5.41, 5.74) is 1.18. The number of nitrogens with zero attached hydrogens (tertiary/aromatic N) is 3. The Hall–Kier alpha value is -1.74. The molecule has 0 aliphatic carbocycles. The Morgan fingerprint density at radius 1 is 1.41 bits per heavy atom. The Morgan fingerprint density at radius 2 is 2.22 bits per heavy atom. The fraction of sp³-hybridized carbons (Fsp3) is 0.500. The molecule has 1 unspecified atom stereocenters. The molecule has 0 saturated carbocycles. The summed E-state index contributed by atoms with van der Waals surface area (Å²) < 4.78 is 13.6. The van der Waals surface area contributed by atoms with Crippen LogP contribution in [0.3, 0.4) is 0 Å². The number of nitrogens with one attached hydrogen (secondary N) is 1. The van der Waals surface area contributed by atoms with Gasteiger partial charge in [-0.15, -0.1) is 5.10 Å². The van der Waals surface area contributed by atoms with Gasteiger partial charge in [0.15, 0.2) is 4.67 Å². The van der Waals surface area contributed by atoms with Gasteiger partial charge in [-0.05, 0) is 47.8 Å². The summed E-state index contributed by atoms with van der Waals surface area (Å²) in [6.07, 6.45) is 2.82. The van der Waals surface area contributed by atoms with Crippen LogP contribution >= 0.6 is 27.7 Å². The first-order valence-electron chi connectivity index (χ1n) is 9.04. The lowest BCUT2D eigenvalue weighted by molar-refractivity contribution is -0.139. The zero-order valence-electron chi connectivity index (χ0n) is 15.6. The molecule has 2 aromatic heterocycles. The number of halogens is 1. The Balaban J connectivity index is 1.98. The minimum absolute atomic E-state index is 0.366. The molecule has 2 aromatic rings. The first kappa shape index (κ1) is 20.0. The number of ether oxygens (including phenoxy) is 1. The topological polar surface area (TPSA) is 82.2 Å². The zero-order chi connectivity index (χ0) is 19.4. The van der Waals surface area contributed by atoms with Gasteiger partial charge >= 0.3 is 5.97 Å². The summed E-state index contributed by atoms with van der Waals surface area (Å²) in [6.45, 7) is 6.41. The van der Waals surface area contributed by atoms with Crippen molar-refractivity contribution in [3.63, 3.8) is 0 Å². The maximum absolute atomic E-state index is 12.8. The fourth-order valence-corrected chi connectivity index (χ4v) is 3.78. The molecule has 27 heavy (non-hydrogen) atoms. The van der Waals surface area contributed by atoms with E-state index in [-0.39, 0.29) is 5.97 Å². The van der Waals surface area contributed by atoms with Gasteiger partial charge in [0.25, 0.3) is 0 Å². The highest BCUT2D eigenvalue weighted by Gasteiger charge is 2.37. The van der Waals surface area contributed by atoms with Crippen LogP contribution in [0.15, 0.2) is 37.6 Å². The zero-order valence-corrected chi connectivity index (χ0v) is 18.0. The van der Waals surface area contributed by atoms with Crippen molar-refractivity contribution in [3.05, 3.63) is 33.8 Å². The number of unbranched alkanes of at least 4 members (excludes halogenated alkanes) is 1. The van der Waals surface area contributed by atoms with E-state index in [2.05, 4.69) is 45.2 Å². The molecule has 3 heterocycles. The summed E-state index contributed by atoms with van der Waals surface area (Å²) in [5, 5.41) is 8.46. The van der Waals surface area contributed by atoms with Gasteiger partial charge in [-0.25, -0.2) is 9.48 Å². The number of thioether (sulfide) groups is 1. The Bertz CT molecular complexity index is 846. The third-order valence-electron chi connectivity index (χ3n) is 4.08. The van der Waals surface area contributed by atoms with E-state index in [0.717, 1.165) is 25.0 Å². The van der Waals surface area contributed by atoms with E-state index in [9.17, 15) is 4.79 Å². The monoisotopic (exact) mass is 454 g/mol. The molecule has 1 N–H and O–H groups in total. The number of allylic oxidation sites excluding steroid dienone is 1. The predicted octanol–water partition coefficient (Wildman–Crippen LogP) is 4.77. The van der Waals surface area contributed by atoms with Crippen LogP contribution in [0.1, 0.15) is 51.8 Å². The Kier molecular flexibility index (Phi) is 6.64. The van der Waals surface area contributed by atoms with Crippen molar-refractivity contribution >= 4 is 39.6 Å². The van der Waals surface area contributed by atoms with Crippen molar-refractivity contribution in [2.45, 2.75) is 51.2 Å². The molecule has 0 radical (unpaired) electrons. The third kappa shape index (κ3) is 4.40. The van der Waals surface area contributed by atoms with Gasteiger partial charge in [-0.1, -0.05) is 32.0 Å². The van der Waals surface area contributed by atoms with Crippen molar-refractivity contribution in [2.24, 2.45) is 0 Å². The smallest absolute Gasteiger partial charge is 0.338 e. The molecule has 146 valence electrons. The first-order valence-corrected chi connectivity index (χ1v) is 10.8. The molecule has 0 fully saturated rings. The van der Waals surface area contributed by atoms with E-state index in [0.29, 0.717) is 39.4 Å². The van der Waals surface area contributed by atoms with Gasteiger partial charge in [0.2, 0.25) is 11.1 Å². The quantitative estimate of drug-likeness (QED) is 0.349. The lowest BCUT2D eigenvalue weighted by Crippen LogP contribution is -2.29. The highest BCUT2D eigenvalue weighted by atomic mass is 79.9. The second-order valence-electron chi connectivity index (χ2n) is 6.21. The number of carbonyl (C=O) groups is 1. The SMILES string of the molecule is CCCCOC(=O)C1=C(C)Nc2nc(SCCC)nn2C1c1ccc(Br)o1. The second-order valence-corrected chi connectivity index (χ2v) is 8.05. The minimum atomic E-state index is -0.523. The summed E-state index contributed by atoms with van der Waals surface area (Å²) in [6, 6.07) is 3.11. The number of aromatic nitrogens is 3. The van der Waals surface area contributed by atoms with Crippen molar-refractivity contribution in [3.8, 4) is 0 Å². The summed E-state index contributed by atoms with van der Waals surface area (Å²) >= 11 is 4.92. The van der Waals surface area contributed by atoms with Gasteiger partial charge < -0.3 is 14.5 Å². The Morgan fingerprint density at radius 3 is 2.89 bits per heavy atom. The number of hydrogen-bond donors (Lipinski definition) is 1. The van der Waals surface area contributed by atoms with Crippen LogP contribution in [0.2, 0.25) is 0 Å². The van der Waals surface area contributed by atoms with Crippen LogP contribution in [0, 0.1) is 0 Å². The molecule has 0 spiro atoms. The molecule has 3 rings (SSSR count). The van der Waals surface area contributed by atoms with E-state index < -0.39 is 6.04 Å². The molecule has 7 nitrogen and oxygen atoms in total. The van der Waals surface area contributed by atoms with Crippen LogP contribution < -0.4 is 5.32 Å². The first-order chi connectivity index (χ1) is 13.0. The maximum Gasteiger partial charge on any atom is 0.338 e. The number of esters is 1. The predicted molar refractivity (Wildman–Crippen MR) is 108 cm³/mol. The van der Waals surface area contributed by atoms with Crippen LogP contribution in [0.5, 0.6) is 0 Å². The minimum Gasteiger partial charge on any atom is -0.462 e. The van der Waals surface area contributed by atoms with Gasteiger partial charge in [-0.3, -0.25) is 0 Å². The molecule has 1 aliphatic rings. The largest absolute Gasteiger partial charge is 0.462 e. The second kappa shape index (κ2) is 8.97. The van der Waals surface area contributed by atoms with Crippen LogP contribution in [-0.4, -0.2) is 33.1 Å². The lowest BCUT2D eigenvalue weighted by Gasteiger charge is -2.26. The number of furan rings is 1. The Labute approximate surface area is 171 Å². The van der Waals surface area contributed by atoms with Crippen molar-refractivity contribution < 1.29 is 13.9 Å². The number of rotatable bonds is 8. The van der Waals surface area contributed by atoms with Crippen LogP contribution in [0.4, 0.5) is 5.95 Å². The molecule has 0 saturated heterocycles. The fourth-order valence-electron chi connectivity index (χ4n) is 2.78. The van der Waals surface area contributed by atoms with E-state index in [1.807, 2.05) is 13.0 Å². The lowest BCUT2D eigenvalue weighted by atomic mass is 10.0. The number of hydrogen-bond acceptors (Lipinski definition) is 7. The molecule has 9 heteroatoms. The summed E-state index contributed by atoms with van der Waals surface area (Å²) in [4.78, 5) is 17.4. The average Bonchev–Trinajstić information content (AvgIpc) is 3.24. The molecule has 0 bridgehead atoms. The number of carbonyl (C=O) groups excluding carboxylic acids is 1.